The van der Waals surface area contributed by atoms with Crippen LogP contribution in [0.4, 0.5) is 0 Å². The Balaban J connectivity index is 0.00000144. The molecule has 90 valence electrons. The van der Waals surface area contributed by atoms with Gasteiger partial charge in [-0.05, 0) is 36.8 Å². The number of halogens is 2. The van der Waals surface area contributed by atoms with Gasteiger partial charge in [0.15, 0.2) is 0 Å². The highest BCUT2D eigenvalue weighted by Gasteiger charge is 1.97. The quantitative estimate of drug-likeness (QED) is 0.744. The number of hydrogen-bond donors (Lipinski definition) is 0. The number of alkyl halides is 1. The maximum atomic E-state index is 5.66. The summed E-state index contributed by atoms with van der Waals surface area (Å²) in [6, 6.07) is 11.8. The number of aromatic nitrogens is 1. The van der Waals surface area contributed by atoms with Gasteiger partial charge in [-0.15, -0.1) is 17.0 Å². The number of nitrogens with zero attached hydrogens (tertiary/aromatic N) is 1. The third-order valence-corrected chi connectivity index (χ3v) is 2.85. The predicted octanol–water partition coefficient (Wildman–Crippen LogP) is 4.66. The van der Waals surface area contributed by atoms with E-state index in [1.807, 2.05) is 43.3 Å². The molecule has 0 aliphatic heterocycles. The van der Waals surface area contributed by atoms with Crippen molar-refractivity contribution in [3.8, 4) is 11.5 Å². The maximum absolute atomic E-state index is 5.66. The van der Waals surface area contributed by atoms with Gasteiger partial charge in [-0.2, -0.15) is 0 Å². The first kappa shape index (κ1) is 14.2. The average molecular weight is 359 g/mol. The van der Waals surface area contributed by atoms with Crippen molar-refractivity contribution >= 4 is 32.9 Å². The van der Waals surface area contributed by atoms with E-state index in [4.69, 9.17) is 4.74 Å². The molecule has 1 aromatic heterocycles. The molecule has 0 N–H and O–H groups in total. The molecule has 0 bridgehead atoms. The van der Waals surface area contributed by atoms with Gasteiger partial charge in [0.05, 0.1) is 6.20 Å². The smallest absolute Gasteiger partial charge is 0.145 e. The van der Waals surface area contributed by atoms with Gasteiger partial charge in [-0.1, -0.05) is 28.1 Å². The molecule has 1 aromatic carbocycles. The van der Waals surface area contributed by atoms with Crippen LogP contribution in [0, 0.1) is 6.92 Å². The van der Waals surface area contributed by atoms with Crippen LogP contribution in [0.1, 0.15) is 11.3 Å². The molecular weight excluding hydrogens is 346 g/mol. The Bertz CT molecular complexity index is 454. The molecule has 2 rings (SSSR count). The molecule has 2 nitrogen and oxygen atoms in total. The van der Waals surface area contributed by atoms with E-state index < -0.39 is 0 Å². The van der Waals surface area contributed by atoms with Crippen LogP contribution in [0.25, 0.3) is 0 Å². The topological polar surface area (TPSA) is 22.1 Å². The summed E-state index contributed by atoms with van der Waals surface area (Å²) in [5, 5.41) is 0.860. The fourth-order valence-electron chi connectivity index (χ4n) is 1.30. The Labute approximate surface area is 120 Å². The summed E-state index contributed by atoms with van der Waals surface area (Å²) < 4.78 is 5.66. The van der Waals surface area contributed by atoms with Gasteiger partial charge in [0.2, 0.25) is 0 Å². The Morgan fingerprint density at radius 1 is 1.06 bits per heavy atom. The first-order valence-corrected chi connectivity index (χ1v) is 6.15. The minimum absolute atomic E-state index is 0. The maximum Gasteiger partial charge on any atom is 0.145 e. The van der Waals surface area contributed by atoms with Crippen molar-refractivity contribution in [1.82, 2.24) is 4.98 Å². The summed E-state index contributed by atoms with van der Waals surface area (Å²) in [5.74, 6) is 1.59. The number of pyridine rings is 1. The van der Waals surface area contributed by atoms with Gasteiger partial charge >= 0.3 is 0 Å². The number of hydrogen-bond acceptors (Lipinski definition) is 2. The second-order valence-corrected chi connectivity index (χ2v) is 4.08. The Morgan fingerprint density at radius 2 is 1.71 bits per heavy atom. The zero-order valence-electron chi connectivity index (χ0n) is 9.39. The fraction of sp³-hybridized carbons (Fsp3) is 0.154. The van der Waals surface area contributed by atoms with Crippen LogP contribution in [-0.2, 0) is 5.33 Å². The highest BCUT2D eigenvalue weighted by atomic mass is 79.9. The summed E-state index contributed by atoms with van der Waals surface area (Å²) in [5.41, 5.74) is 2.22. The minimum atomic E-state index is 0. The van der Waals surface area contributed by atoms with Gasteiger partial charge in [0.25, 0.3) is 0 Å². The third kappa shape index (κ3) is 4.13. The van der Waals surface area contributed by atoms with Crippen molar-refractivity contribution in [2.24, 2.45) is 0 Å². The van der Waals surface area contributed by atoms with E-state index in [0.29, 0.717) is 0 Å². The highest BCUT2D eigenvalue weighted by Crippen LogP contribution is 2.21. The molecule has 0 unspecified atom stereocenters. The van der Waals surface area contributed by atoms with Crippen molar-refractivity contribution in [3.05, 3.63) is 53.9 Å². The largest absolute Gasteiger partial charge is 0.456 e. The van der Waals surface area contributed by atoms with Crippen LogP contribution in [0.15, 0.2) is 42.6 Å². The summed E-state index contributed by atoms with van der Waals surface area (Å²) in [6.45, 7) is 1.95. The van der Waals surface area contributed by atoms with Crippen LogP contribution in [0.5, 0.6) is 11.5 Å². The van der Waals surface area contributed by atoms with E-state index in [1.165, 1.54) is 5.56 Å². The summed E-state index contributed by atoms with van der Waals surface area (Å²) in [4.78, 5) is 4.18. The number of aryl methyl sites for hydroxylation is 1. The van der Waals surface area contributed by atoms with Crippen molar-refractivity contribution in [1.29, 1.82) is 0 Å². The molecule has 0 fully saturated rings. The van der Waals surface area contributed by atoms with Crippen LogP contribution < -0.4 is 4.74 Å². The van der Waals surface area contributed by atoms with Crippen LogP contribution in [0.3, 0.4) is 0 Å². The number of rotatable bonds is 3. The second-order valence-electron chi connectivity index (χ2n) is 3.51. The first-order valence-electron chi connectivity index (χ1n) is 5.03. The van der Waals surface area contributed by atoms with Crippen LogP contribution in [-0.4, -0.2) is 4.98 Å². The van der Waals surface area contributed by atoms with E-state index in [-0.39, 0.29) is 17.0 Å². The highest BCUT2D eigenvalue weighted by molar-refractivity contribution is 9.08. The molecule has 1 heterocycles. The first-order chi connectivity index (χ1) is 7.78. The number of ether oxygens (including phenoxy) is 1. The van der Waals surface area contributed by atoms with Crippen molar-refractivity contribution in [2.45, 2.75) is 12.3 Å². The summed E-state index contributed by atoms with van der Waals surface area (Å²) in [6.07, 6.45) is 1.73. The molecule has 0 atom stereocenters. The van der Waals surface area contributed by atoms with Gasteiger partial charge in [-0.25, -0.2) is 0 Å². The monoisotopic (exact) mass is 357 g/mol. The van der Waals surface area contributed by atoms with Gasteiger partial charge < -0.3 is 4.74 Å². The Morgan fingerprint density at radius 3 is 2.24 bits per heavy atom. The molecule has 17 heavy (non-hydrogen) atoms. The molecule has 2 aromatic rings. The molecule has 0 saturated heterocycles. The molecular formula is C13H13Br2NO. The zero-order valence-corrected chi connectivity index (χ0v) is 12.7. The number of benzene rings is 1. The summed E-state index contributed by atoms with van der Waals surface area (Å²) in [7, 11) is 0. The second kappa shape index (κ2) is 6.77. The van der Waals surface area contributed by atoms with Crippen LogP contribution >= 0.6 is 32.9 Å². The van der Waals surface area contributed by atoms with E-state index in [2.05, 4.69) is 20.9 Å². The van der Waals surface area contributed by atoms with E-state index in [0.717, 1.165) is 22.5 Å². The van der Waals surface area contributed by atoms with E-state index in [1.54, 1.807) is 6.20 Å². The molecule has 0 spiro atoms. The molecule has 0 saturated carbocycles. The zero-order chi connectivity index (χ0) is 11.4. The van der Waals surface area contributed by atoms with Gasteiger partial charge in [-0.3, -0.25) is 4.98 Å². The molecule has 0 amide bonds. The van der Waals surface area contributed by atoms with Crippen LogP contribution in [0.2, 0.25) is 0 Å². The van der Waals surface area contributed by atoms with Crippen molar-refractivity contribution in [2.75, 3.05) is 0 Å². The normalized spacial score (nSPS) is 9.53. The Kier molecular flexibility index (Phi) is 5.65. The van der Waals surface area contributed by atoms with Gasteiger partial charge in [0, 0.05) is 11.0 Å². The Hall–Kier alpha value is -0.870. The lowest BCUT2D eigenvalue weighted by atomic mass is 10.2. The molecule has 0 aliphatic carbocycles. The minimum Gasteiger partial charge on any atom is -0.456 e. The molecule has 0 radical (unpaired) electrons. The molecule has 0 aliphatic rings. The van der Waals surface area contributed by atoms with Crippen molar-refractivity contribution < 1.29 is 4.74 Å². The van der Waals surface area contributed by atoms with E-state index in [9.17, 15) is 0 Å². The van der Waals surface area contributed by atoms with Crippen molar-refractivity contribution in [3.63, 3.8) is 0 Å². The summed E-state index contributed by atoms with van der Waals surface area (Å²) >= 11 is 3.41. The lowest BCUT2D eigenvalue weighted by Gasteiger charge is -2.05. The van der Waals surface area contributed by atoms with Gasteiger partial charge in [0.1, 0.15) is 11.5 Å². The van der Waals surface area contributed by atoms with E-state index >= 15 is 0 Å². The third-order valence-electron chi connectivity index (χ3n) is 2.20. The fourth-order valence-corrected chi connectivity index (χ4v) is 1.67. The predicted molar refractivity (Wildman–Crippen MR) is 78.4 cm³/mol. The molecule has 4 heteroatoms. The lowest BCUT2D eigenvalue weighted by molar-refractivity contribution is 0.480. The average Bonchev–Trinajstić information content (AvgIpc) is 2.33. The SMILES string of the molecule is Br.Cc1ccc(Oc2ccc(CBr)cc2)cn1. The lowest BCUT2D eigenvalue weighted by Crippen LogP contribution is -1.87. The standard InChI is InChI=1S/C13H12BrNO.BrH/c1-10-2-5-13(9-15-10)16-12-6-3-11(8-14)4-7-12;/h2-7,9H,8H2,1H3;1H.